The Morgan fingerprint density at radius 2 is 1.91 bits per heavy atom. The van der Waals surface area contributed by atoms with E-state index in [1.165, 1.54) is 11.1 Å². The van der Waals surface area contributed by atoms with E-state index in [4.69, 9.17) is 4.52 Å². The molecular weight excluding hydrogens is 276 g/mol. The lowest BCUT2D eigenvalue weighted by Gasteiger charge is -2.14. The summed E-state index contributed by atoms with van der Waals surface area (Å²) in [6.45, 7) is 3.54. The number of nitrogens with zero attached hydrogens (tertiary/aromatic N) is 4. The zero-order valence-electron chi connectivity index (χ0n) is 12.7. The molecular formula is C17H18N4O. The summed E-state index contributed by atoms with van der Waals surface area (Å²) < 4.78 is 5.32. The number of hydrogen-bond donors (Lipinski definition) is 0. The Labute approximate surface area is 129 Å². The van der Waals surface area contributed by atoms with Gasteiger partial charge in [-0.05, 0) is 31.7 Å². The Bertz CT molecular complexity index is 722. The quantitative estimate of drug-likeness (QED) is 0.724. The summed E-state index contributed by atoms with van der Waals surface area (Å²) in [6.07, 6.45) is 3.45. The van der Waals surface area contributed by atoms with Crippen LogP contribution in [0.2, 0.25) is 0 Å². The number of pyridine rings is 1. The molecule has 0 radical (unpaired) electrons. The zero-order chi connectivity index (χ0) is 15.4. The summed E-state index contributed by atoms with van der Waals surface area (Å²) in [5.41, 5.74) is 3.39. The molecule has 2 aromatic heterocycles. The first-order valence-electron chi connectivity index (χ1n) is 7.18. The fourth-order valence-electron chi connectivity index (χ4n) is 2.22. The molecule has 0 fully saturated rings. The molecule has 5 heteroatoms. The summed E-state index contributed by atoms with van der Waals surface area (Å²) >= 11 is 0. The van der Waals surface area contributed by atoms with Crippen LogP contribution in [0.15, 0.2) is 53.3 Å². The van der Waals surface area contributed by atoms with Gasteiger partial charge in [0.25, 0.3) is 0 Å². The van der Waals surface area contributed by atoms with Crippen molar-refractivity contribution < 1.29 is 4.52 Å². The van der Waals surface area contributed by atoms with Gasteiger partial charge in [0.2, 0.25) is 11.7 Å². The van der Waals surface area contributed by atoms with Crippen LogP contribution >= 0.6 is 0 Å². The van der Waals surface area contributed by atoms with Gasteiger partial charge in [0.1, 0.15) is 0 Å². The molecule has 0 aliphatic rings. The Morgan fingerprint density at radius 3 is 2.64 bits per heavy atom. The van der Waals surface area contributed by atoms with Crippen LogP contribution in [0, 0.1) is 6.92 Å². The van der Waals surface area contributed by atoms with E-state index in [0.29, 0.717) is 18.3 Å². The number of aryl methyl sites for hydroxylation is 1. The molecule has 0 unspecified atom stereocenters. The van der Waals surface area contributed by atoms with Crippen molar-refractivity contribution in [3.8, 4) is 11.4 Å². The van der Waals surface area contributed by atoms with E-state index in [1.807, 2.05) is 19.2 Å². The number of benzene rings is 1. The highest BCUT2D eigenvalue weighted by Gasteiger charge is 2.11. The molecule has 3 aromatic rings. The summed E-state index contributed by atoms with van der Waals surface area (Å²) in [7, 11) is 2.04. The highest BCUT2D eigenvalue weighted by atomic mass is 16.5. The molecule has 2 heterocycles. The molecule has 112 valence electrons. The van der Waals surface area contributed by atoms with E-state index >= 15 is 0 Å². The average Bonchev–Trinajstić information content (AvgIpc) is 2.99. The molecule has 0 bridgehead atoms. The summed E-state index contributed by atoms with van der Waals surface area (Å²) in [6, 6.07) is 12.3. The van der Waals surface area contributed by atoms with Crippen molar-refractivity contribution in [1.29, 1.82) is 0 Å². The minimum atomic E-state index is 0.576. The minimum absolute atomic E-state index is 0.576. The van der Waals surface area contributed by atoms with E-state index in [0.717, 1.165) is 12.1 Å². The van der Waals surface area contributed by atoms with Gasteiger partial charge < -0.3 is 4.52 Å². The van der Waals surface area contributed by atoms with Crippen molar-refractivity contribution in [2.45, 2.75) is 20.0 Å². The Balaban J connectivity index is 1.63. The Kier molecular flexibility index (Phi) is 4.25. The van der Waals surface area contributed by atoms with Crippen molar-refractivity contribution in [2.24, 2.45) is 0 Å². The van der Waals surface area contributed by atoms with Crippen molar-refractivity contribution >= 4 is 0 Å². The average molecular weight is 294 g/mol. The molecule has 0 atom stereocenters. The second kappa shape index (κ2) is 6.49. The fraction of sp³-hybridized carbons (Fsp3) is 0.235. The lowest BCUT2D eigenvalue weighted by Crippen LogP contribution is -2.17. The molecule has 0 amide bonds. The Morgan fingerprint density at radius 1 is 1.09 bits per heavy atom. The third kappa shape index (κ3) is 3.56. The van der Waals surface area contributed by atoms with Crippen molar-refractivity contribution in [2.75, 3.05) is 7.05 Å². The summed E-state index contributed by atoms with van der Waals surface area (Å²) in [5.74, 6) is 1.18. The van der Waals surface area contributed by atoms with Gasteiger partial charge in [0.05, 0.1) is 6.54 Å². The maximum Gasteiger partial charge on any atom is 0.241 e. The Hall–Kier alpha value is -2.53. The molecule has 5 nitrogen and oxygen atoms in total. The first-order valence-corrected chi connectivity index (χ1v) is 7.18. The fourth-order valence-corrected chi connectivity index (χ4v) is 2.22. The molecule has 0 aliphatic carbocycles. The van der Waals surface area contributed by atoms with Crippen molar-refractivity contribution in [1.82, 2.24) is 20.0 Å². The molecule has 0 saturated heterocycles. The standard InChI is InChI=1S/C17H18N4O/c1-13-5-7-14(8-6-13)11-21(2)12-16-19-17(20-22-16)15-4-3-9-18-10-15/h3-10H,11-12H2,1-2H3. The third-order valence-electron chi connectivity index (χ3n) is 3.37. The SMILES string of the molecule is Cc1ccc(CN(C)Cc2nc(-c3cccnc3)no2)cc1. The minimum Gasteiger partial charge on any atom is -0.338 e. The normalized spacial score (nSPS) is 11.0. The lowest BCUT2D eigenvalue weighted by molar-refractivity contribution is 0.261. The molecule has 22 heavy (non-hydrogen) atoms. The molecule has 1 aromatic carbocycles. The highest BCUT2D eigenvalue weighted by Crippen LogP contribution is 2.15. The largest absolute Gasteiger partial charge is 0.338 e. The monoisotopic (exact) mass is 294 g/mol. The van der Waals surface area contributed by atoms with Crippen LogP contribution in [0.3, 0.4) is 0 Å². The van der Waals surface area contributed by atoms with Gasteiger partial charge in [0, 0.05) is 24.5 Å². The smallest absolute Gasteiger partial charge is 0.241 e. The maximum atomic E-state index is 5.32. The molecule has 3 rings (SSSR count). The van der Waals surface area contributed by atoms with Crippen LogP contribution in [0.4, 0.5) is 0 Å². The van der Waals surface area contributed by atoms with Gasteiger partial charge in [-0.2, -0.15) is 4.98 Å². The first-order chi connectivity index (χ1) is 10.7. The van der Waals surface area contributed by atoms with Crippen molar-refractivity contribution in [3.63, 3.8) is 0 Å². The summed E-state index contributed by atoms with van der Waals surface area (Å²) in [5, 5.41) is 4.01. The van der Waals surface area contributed by atoms with Crippen LogP contribution in [-0.2, 0) is 13.1 Å². The topological polar surface area (TPSA) is 55.1 Å². The van der Waals surface area contributed by atoms with Crippen LogP contribution < -0.4 is 0 Å². The van der Waals surface area contributed by atoms with Crippen LogP contribution in [0.25, 0.3) is 11.4 Å². The van der Waals surface area contributed by atoms with E-state index in [1.54, 1.807) is 12.4 Å². The molecule has 0 spiro atoms. The van der Waals surface area contributed by atoms with E-state index in [2.05, 4.69) is 51.2 Å². The van der Waals surface area contributed by atoms with E-state index < -0.39 is 0 Å². The number of rotatable bonds is 5. The van der Waals surface area contributed by atoms with Gasteiger partial charge in [-0.3, -0.25) is 9.88 Å². The third-order valence-corrected chi connectivity index (χ3v) is 3.37. The predicted molar refractivity (Wildman–Crippen MR) is 83.9 cm³/mol. The molecule has 0 saturated carbocycles. The van der Waals surface area contributed by atoms with E-state index in [9.17, 15) is 0 Å². The second-order valence-electron chi connectivity index (χ2n) is 5.41. The van der Waals surface area contributed by atoms with Crippen molar-refractivity contribution in [3.05, 3.63) is 65.8 Å². The molecule has 0 N–H and O–H groups in total. The van der Waals surface area contributed by atoms with Crippen LogP contribution in [0.5, 0.6) is 0 Å². The second-order valence-corrected chi connectivity index (χ2v) is 5.41. The highest BCUT2D eigenvalue weighted by molar-refractivity contribution is 5.51. The van der Waals surface area contributed by atoms with Crippen LogP contribution in [0.1, 0.15) is 17.0 Å². The van der Waals surface area contributed by atoms with Gasteiger partial charge in [-0.15, -0.1) is 0 Å². The zero-order valence-corrected chi connectivity index (χ0v) is 12.7. The number of hydrogen-bond acceptors (Lipinski definition) is 5. The molecule has 0 aliphatic heterocycles. The van der Waals surface area contributed by atoms with Gasteiger partial charge in [-0.25, -0.2) is 0 Å². The summed E-state index contributed by atoms with van der Waals surface area (Å²) in [4.78, 5) is 10.6. The maximum absolute atomic E-state index is 5.32. The van der Waals surface area contributed by atoms with E-state index in [-0.39, 0.29) is 0 Å². The first kappa shape index (κ1) is 14.4. The lowest BCUT2D eigenvalue weighted by atomic mass is 10.1. The van der Waals surface area contributed by atoms with Gasteiger partial charge in [0.15, 0.2) is 0 Å². The number of aromatic nitrogens is 3. The van der Waals surface area contributed by atoms with Gasteiger partial charge in [-0.1, -0.05) is 35.0 Å². The predicted octanol–water partition coefficient (Wildman–Crippen LogP) is 3.07. The van der Waals surface area contributed by atoms with Gasteiger partial charge >= 0.3 is 0 Å². The van der Waals surface area contributed by atoms with Crippen LogP contribution in [-0.4, -0.2) is 27.1 Å².